The molecule has 0 saturated carbocycles. The van der Waals surface area contributed by atoms with Crippen LogP contribution in [0.15, 0.2) is 18.2 Å². The monoisotopic (exact) mass is 373 g/mol. The van der Waals surface area contributed by atoms with E-state index in [2.05, 4.69) is 0 Å². The van der Waals surface area contributed by atoms with Crippen LogP contribution >= 0.6 is 30.9 Å². The first kappa shape index (κ1) is 19.3. The fourth-order valence-corrected chi connectivity index (χ4v) is 3.52. The number of hydrogen-bond acceptors (Lipinski definition) is 4. The highest BCUT2D eigenvalue weighted by Gasteiger charge is 2.26. The molecule has 0 aliphatic rings. The third-order valence-electron chi connectivity index (χ3n) is 2.70. The Bertz CT molecular complexity index is 572. The minimum absolute atomic E-state index is 0.188. The van der Waals surface area contributed by atoms with Crippen LogP contribution in [-0.4, -0.2) is 34.4 Å². The molecule has 2 N–H and O–H groups in total. The Kier molecular flexibility index (Phi) is 7.68. The molecule has 7 nitrogen and oxygen atoms in total. The summed E-state index contributed by atoms with van der Waals surface area (Å²) in [4.78, 5) is 9.68. The van der Waals surface area contributed by atoms with Crippen LogP contribution < -0.4 is 5.50 Å². The Morgan fingerprint density at radius 1 is 1.36 bits per heavy atom. The van der Waals surface area contributed by atoms with Gasteiger partial charge in [-0.25, -0.2) is 10.2 Å². The molecule has 0 radical (unpaired) electrons. The van der Waals surface area contributed by atoms with Gasteiger partial charge in [0.1, 0.15) is 0 Å². The van der Waals surface area contributed by atoms with Gasteiger partial charge >= 0.3 is 13.4 Å². The maximum atomic E-state index is 13.5. The van der Waals surface area contributed by atoms with Gasteiger partial charge in [-0.05, 0) is 17.7 Å². The van der Waals surface area contributed by atoms with E-state index in [1.54, 1.807) is 0 Å². The highest BCUT2D eigenvalue weighted by molar-refractivity contribution is 7.53. The molecule has 1 aromatic rings. The van der Waals surface area contributed by atoms with Crippen LogP contribution in [0.3, 0.4) is 0 Å². The summed E-state index contributed by atoms with van der Waals surface area (Å²) in [6.45, 7) is 0.178. The molecule has 0 bridgehead atoms. The Morgan fingerprint density at radius 2 is 1.95 bits per heavy atom. The number of halogens is 3. The molecule has 0 amide bonds. The van der Waals surface area contributed by atoms with Crippen LogP contribution in [0.5, 0.6) is 0 Å². The molecule has 0 heterocycles. The van der Waals surface area contributed by atoms with Gasteiger partial charge in [-0.3, -0.25) is 14.7 Å². The van der Waals surface area contributed by atoms with Crippen LogP contribution in [0.2, 0.25) is 0 Å². The van der Waals surface area contributed by atoms with Gasteiger partial charge in [0.15, 0.2) is 0 Å². The molecular weight excluding hydrogens is 359 g/mol. The first-order valence-corrected chi connectivity index (χ1v) is 8.86. The van der Waals surface area contributed by atoms with Gasteiger partial charge in [-0.2, -0.15) is 4.39 Å². The molecule has 0 aromatic heterocycles. The number of nitro benzene ring substituents is 1. The van der Waals surface area contributed by atoms with Crippen molar-refractivity contribution in [2.75, 3.05) is 24.8 Å². The highest BCUT2D eigenvalue weighted by atomic mass is 35.5. The van der Waals surface area contributed by atoms with Crippen LogP contribution in [0.4, 0.5) is 10.1 Å². The fraction of sp³-hybridized carbons (Fsp3) is 0.455. The van der Waals surface area contributed by atoms with E-state index in [0.717, 1.165) is 12.1 Å². The molecule has 1 rings (SSSR count). The normalized spacial score (nSPS) is 14.0. The first-order chi connectivity index (χ1) is 10.3. The van der Waals surface area contributed by atoms with Gasteiger partial charge in [-0.1, -0.05) is 0 Å². The lowest BCUT2D eigenvalue weighted by Crippen LogP contribution is -2.29. The van der Waals surface area contributed by atoms with E-state index < -0.39 is 24.1 Å². The third-order valence-corrected chi connectivity index (χ3v) is 4.73. The number of nitrogens with two attached hydrogens (primary N) is 1. The topological polar surface area (TPSA) is 98.7 Å². The quantitative estimate of drug-likeness (QED) is 0.309. The molecule has 0 aliphatic carbocycles. The zero-order valence-electron chi connectivity index (χ0n) is 11.5. The summed E-state index contributed by atoms with van der Waals surface area (Å²) in [7, 11) is -3.64. The summed E-state index contributed by atoms with van der Waals surface area (Å²) < 4.78 is 32.2. The summed E-state index contributed by atoms with van der Waals surface area (Å²) in [6, 6.07) is 3.24. The number of hydrogen-bond donors (Lipinski definition) is 1. The van der Waals surface area contributed by atoms with Crippen LogP contribution in [0.1, 0.15) is 5.56 Å². The molecule has 0 spiro atoms. The summed E-state index contributed by atoms with van der Waals surface area (Å²) in [5.74, 6) is -0.627. The zero-order chi connectivity index (χ0) is 16.8. The predicted octanol–water partition coefficient (Wildman–Crippen LogP) is 3.10. The Morgan fingerprint density at radius 3 is 2.41 bits per heavy atom. The molecular formula is C11H15Cl2FN3O4P. The van der Waals surface area contributed by atoms with Crippen molar-refractivity contribution in [3.63, 3.8) is 0 Å². The summed E-state index contributed by atoms with van der Waals surface area (Å²) in [5.41, 5.74) is 5.26. The van der Waals surface area contributed by atoms with Crippen molar-refractivity contribution in [1.82, 2.24) is 4.67 Å². The second kappa shape index (κ2) is 8.76. The van der Waals surface area contributed by atoms with Gasteiger partial charge < -0.3 is 4.52 Å². The van der Waals surface area contributed by atoms with E-state index in [4.69, 9.17) is 33.2 Å². The van der Waals surface area contributed by atoms with Gasteiger partial charge in [-0.15, -0.1) is 23.2 Å². The SMILES string of the molecule is NP(=O)(OCc1ccc([N+](=O)[O-])c(F)c1)N(CCCl)CCCl. The first-order valence-electron chi connectivity index (χ1n) is 6.15. The molecule has 1 unspecified atom stereocenters. The molecule has 1 atom stereocenters. The lowest BCUT2D eigenvalue weighted by Gasteiger charge is -2.26. The van der Waals surface area contributed by atoms with E-state index in [9.17, 15) is 19.1 Å². The van der Waals surface area contributed by atoms with Crippen molar-refractivity contribution in [2.24, 2.45) is 5.50 Å². The molecule has 1 aromatic carbocycles. The lowest BCUT2D eigenvalue weighted by molar-refractivity contribution is -0.387. The Balaban J connectivity index is 2.77. The summed E-state index contributed by atoms with van der Waals surface area (Å²) in [5, 5.41) is 10.5. The second-order valence-electron chi connectivity index (χ2n) is 4.21. The van der Waals surface area contributed by atoms with E-state index in [-0.39, 0.29) is 37.0 Å². The molecule has 0 fully saturated rings. The molecule has 0 aliphatic heterocycles. The van der Waals surface area contributed by atoms with Crippen LogP contribution in [-0.2, 0) is 15.7 Å². The van der Waals surface area contributed by atoms with Crippen LogP contribution in [0, 0.1) is 15.9 Å². The van der Waals surface area contributed by atoms with Crippen molar-refractivity contribution >= 4 is 36.6 Å². The largest absolute Gasteiger partial charge is 0.341 e. The smallest absolute Gasteiger partial charge is 0.301 e. The van der Waals surface area contributed by atoms with Crippen molar-refractivity contribution in [3.8, 4) is 0 Å². The van der Waals surface area contributed by atoms with Crippen molar-refractivity contribution in [2.45, 2.75) is 6.61 Å². The van der Waals surface area contributed by atoms with E-state index in [1.165, 1.54) is 10.7 Å². The van der Waals surface area contributed by atoms with E-state index in [1.807, 2.05) is 0 Å². The van der Waals surface area contributed by atoms with Crippen molar-refractivity contribution < 1.29 is 18.4 Å². The standard InChI is InChI=1S/C11H15Cl2FN3O4P/c12-3-5-16(6-4-13)22(15,20)21-8-9-1-2-11(17(18)19)10(14)7-9/h1-2,7H,3-6,8H2,(H2,15,20). The molecule has 0 saturated heterocycles. The van der Waals surface area contributed by atoms with Crippen molar-refractivity contribution in [3.05, 3.63) is 39.7 Å². The molecule has 11 heteroatoms. The van der Waals surface area contributed by atoms with Gasteiger partial charge in [0.25, 0.3) is 0 Å². The van der Waals surface area contributed by atoms with Gasteiger partial charge in [0, 0.05) is 30.9 Å². The predicted molar refractivity (Wildman–Crippen MR) is 82.7 cm³/mol. The third kappa shape index (κ3) is 5.46. The summed E-state index contributed by atoms with van der Waals surface area (Å²) in [6.07, 6.45) is 0. The maximum absolute atomic E-state index is 13.5. The number of nitrogens with zero attached hydrogens (tertiary/aromatic N) is 2. The van der Waals surface area contributed by atoms with Crippen LogP contribution in [0.25, 0.3) is 0 Å². The number of alkyl halides is 2. The minimum Gasteiger partial charge on any atom is -0.301 e. The maximum Gasteiger partial charge on any atom is 0.341 e. The molecule has 22 heavy (non-hydrogen) atoms. The fourth-order valence-electron chi connectivity index (χ4n) is 1.62. The van der Waals surface area contributed by atoms with Gasteiger partial charge in [0.05, 0.1) is 11.5 Å². The zero-order valence-corrected chi connectivity index (χ0v) is 13.9. The minimum atomic E-state index is -3.64. The number of rotatable bonds is 9. The Hall–Kier alpha value is -0.760. The van der Waals surface area contributed by atoms with E-state index in [0.29, 0.717) is 0 Å². The van der Waals surface area contributed by atoms with E-state index >= 15 is 0 Å². The molecule has 124 valence electrons. The highest BCUT2D eigenvalue weighted by Crippen LogP contribution is 2.43. The lowest BCUT2D eigenvalue weighted by atomic mass is 10.2. The van der Waals surface area contributed by atoms with Crippen molar-refractivity contribution in [1.29, 1.82) is 0 Å². The number of nitro groups is 1. The average Bonchev–Trinajstić information content (AvgIpc) is 2.44. The summed E-state index contributed by atoms with van der Waals surface area (Å²) >= 11 is 11.2. The average molecular weight is 374 g/mol. The van der Waals surface area contributed by atoms with Gasteiger partial charge in [0.2, 0.25) is 5.82 Å². The second-order valence-corrected chi connectivity index (χ2v) is 6.92. The number of benzene rings is 1. The Labute approximate surface area is 136 Å².